The molecule has 1 amide bonds. The molecule has 0 aliphatic rings. The van der Waals surface area contributed by atoms with Gasteiger partial charge in [-0.25, -0.2) is 4.79 Å². The summed E-state index contributed by atoms with van der Waals surface area (Å²) in [6, 6.07) is 11.5. The normalized spacial score (nSPS) is 10.8. The van der Waals surface area contributed by atoms with Crippen molar-refractivity contribution in [3.63, 3.8) is 0 Å². The third-order valence-corrected chi connectivity index (χ3v) is 3.93. The van der Waals surface area contributed by atoms with Gasteiger partial charge < -0.3 is 14.9 Å². The number of hydrogen-bond donors (Lipinski definition) is 1. The minimum Gasteiger partial charge on any atom is -0.487 e. The number of benzene rings is 2. The molecular weight excluding hydrogens is 330 g/mol. The second kappa shape index (κ2) is 6.37. The van der Waals surface area contributed by atoms with Gasteiger partial charge in [-0.2, -0.15) is 0 Å². The van der Waals surface area contributed by atoms with Gasteiger partial charge in [0.05, 0.1) is 5.02 Å². The molecule has 5 nitrogen and oxygen atoms in total. The second-order valence-electron chi connectivity index (χ2n) is 5.38. The first-order valence-electron chi connectivity index (χ1n) is 7.19. The van der Waals surface area contributed by atoms with E-state index >= 15 is 0 Å². The molecule has 3 rings (SSSR count). The standard InChI is InChI=1S/C18H14ClNO4/c1-10-6-17(21)24-15-8-16(14(19)7-13(10)15)23-9-11-2-4-12(5-3-11)18(20)22/h2-8H,9H2,1H3,(H2,20,22). The van der Waals surface area contributed by atoms with Crippen molar-refractivity contribution in [2.24, 2.45) is 5.73 Å². The topological polar surface area (TPSA) is 82.5 Å². The summed E-state index contributed by atoms with van der Waals surface area (Å²) in [5.41, 5.74) is 7.27. The molecule has 122 valence electrons. The lowest BCUT2D eigenvalue weighted by atomic mass is 10.1. The molecule has 3 aromatic rings. The maximum atomic E-state index is 11.5. The number of carbonyl (C=O) groups is 1. The second-order valence-corrected chi connectivity index (χ2v) is 5.78. The highest BCUT2D eigenvalue weighted by atomic mass is 35.5. The molecule has 0 saturated heterocycles. The van der Waals surface area contributed by atoms with Crippen LogP contribution in [0.15, 0.2) is 51.7 Å². The SMILES string of the molecule is Cc1cc(=O)oc2cc(OCc3ccc(C(N)=O)cc3)c(Cl)cc12. The number of carbonyl (C=O) groups excluding carboxylic acids is 1. The van der Waals surface area contributed by atoms with Gasteiger partial charge in [0.25, 0.3) is 0 Å². The number of hydrogen-bond acceptors (Lipinski definition) is 4. The van der Waals surface area contributed by atoms with E-state index in [1.54, 1.807) is 36.4 Å². The summed E-state index contributed by atoms with van der Waals surface area (Å²) in [5.74, 6) is -0.0673. The summed E-state index contributed by atoms with van der Waals surface area (Å²) in [6.07, 6.45) is 0. The Morgan fingerprint density at radius 1 is 1.21 bits per heavy atom. The first-order valence-corrected chi connectivity index (χ1v) is 7.57. The zero-order valence-corrected chi connectivity index (χ0v) is 13.6. The maximum Gasteiger partial charge on any atom is 0.336 e. The number of ether oxygens (including phenoxy) is 1. The van der Waals surface area contributed by atoms with Crippen LogP contribution in [0.2, 0.25) is 5.02 Å². The third kappa shape index (κ3) is 3.26. The maximum absolute atomic E-state index is 11.5. The van der Waals surface area contributed by atoms with E-state index in [-0.39, 0.29) is 6.61 Å². The molecule has 1 heterocycles. The van der Waals surface area contributed by atoms with Crippen LogP contribution in [0.1, 0.15) is 21.5 Å². The molecule has 6 heteroatoms. The van der Waals surface area contributed by atoms with E-state index in [2.05, 4.69) is 0 Å². The van der Waals surface area contributed by atoms with E-state index in [0.717, 1.165) is 16.5 Å². The molecule has 0 saturated carbocycles. The van der Waals surface area contributed by atoms with E-state index in [1.807, 2.05) is 6.92 Å². The predicted octanol–water partition coefficient (Wildman–Crippen LogP) is 3.43. The Bertz CT molecular complexity index is 977. The van der Waals surface area contributed by atoms with Crippen LogP contribution in [-0.2, 0) is 6.61 Å². The van der Waals surface area contributed by atoms with E-state index in [9.17, 15) is 9.59 Å². The molecule has 0 bridgehead atoms. The van der Waals surface area contributed by atoms with Crippen LogP contribution in [0.5, 0.6) is 5.75 Å². The molecule has 0 aliphatic heterocycles. The quantitative estimate of drug-likeness (QED) is 0.736. The summed E-state index contributed by atoms with van der Waals surface area (Å²) in [4.78, 5) is 22.5. The number of fused-ring (bicyclic) bond motifs is 1. The number of nitrogens with two attached hydrogens (primary N) is 1. The summed E-state index contributed by atoms with van der Waals surface area (Å²) in [5, 5.41) is 1.19. The molecule has 1 aromatic heterocycles. The molecule has 24 heavy (non-hydrogen) atoms. The number of primary amides is 1. The smallest absolute Gasteiger partial charge is 0.336 e. The molecule has 2 N–H and O–H groups in total. The Kier molecular flexibility index (Phi) is 4.27. The molecule has 0 radical (unpaired) electrons. The minimum atomic E-state index is -0.481. The molecule has 0 fully saturated rings. The van der Waals surface area contributed by atoms with Crippen LogP contribution < -0.4 is 16.1 Å². The zero-order valence-electron chi connectivity index (χ0n) is 12.8. The number of halogens is 1. The van der Waals surface area contributed by atoms with Gasteiger partial charge in [-0.15, -0.1) is 0 Å². The fourth-order valence-corrected chi connectivity index (χ4v) is 2.57. The summed E-state index contributed by atoms with van der Waals surface area (Å²) < 4.78 is 10.9. The van der Waals surface area contributed by atoms with Gasteiger partial charge in [-0.1, -0.05) is 23.7 Å². The molecule has 2 aromatic carbocycles. The van der Waals surface area contributed by atoms with Crippen molar-refractivity contribution < 1.29 is 13.9 Å². The van der Waals surface area contributed by atoms with Crippen molar-refractivity contribution in [2.75, 3.05) is 0 Å². The van der Waals surface area contributed by atoms with Crippen LogP contribution in [-0.4, -0.2) is 5.91 Å². The fourth-order valence-electron chi connectivity index (χ4n) is 2.36. The predicted molar refractivity (Wildman–Crippen MR) is 91.5 cm³/mol. The highest BCUT2D eigenvalue weighted by Gasteiger charge is 2.09. The molecular formula is C18H14ClNO4. The average Bonchev–Trinajstić information content (AvgIpc) is 2.54. The summed E-state index contributed by atoms with van der Waals surface area (Å²) in [6.45, 7) is 2.07. The van der Waals surface area contributed by atoms with Crippen molar-refractivity contribution in [3.05, 3.63) is 74.6 Å². The van der Waals surface area contributed by atoms with Crippen molar-refractivity contribution >= 4 is 28.5 Å². The number of amides is 1. The molecule has 0 aliphatic carbocycles. The van der Waals surface area contributed by atoms with Gasteiger partial charge >= 0.3 is 5.63 Å². The Balaban J connectivity index is 1.86. The largest absolute Gasteiger partial charge is 0.487 e. The molecule has 0 unspecified atom stereocenters. The Morgan fingerprint density at radius 2 is 1.92 bits per heavy atom. The summed E-state index contributed by atoms with van der Waals surface area (Å²) >= 11 is 6.24. The molecule has 0 atom stereocenters. The van der Waals surface area contributed by atoms with Gasteiger partial charge in [0, 0.05) is 23.1 Å². The first kappa shape index (κ1) is 16.1. The summed E-state index contributed by atoms with van der Waals surface area (Å²) in [7, 11) is 0. The average molecular weight is 344 g/mol. The van der Waals surface area contributed by atoms with Crippen LogP contribution in [0.4, 0.5) is 0 Å². The van der Waals surface area contributed by atoms with Gasteiger partial charge in [-0.3, -0.25) is 4.79 Å². The lowest BCUT2D eigenvalue weighted by Crippen LogP contribution is -2.10. The fraction of sp³-hybridized carbons (Fsp3) is 0.111. The van der Waals surface area contributed by atoms with Crippen molar-refractivity contribution in [2.45, 2.75) is 13.5 Å². The zero-order chi connectivity index (χ0) is 17.3. The highest BCUT2D eigenvalue weighted by molar-refractivity contribution is 6.32. The Hall–Kier alpha value is -2.79. The highest BCUT2D eigenvalue weighted by Crippen LogP contribution is 2.31. The minimum absolute atomic E-state index is 0.250. The van der Waals surface area contributed by atoms with Crippen LogP contribution >= 0.6 is 11.6 Å². The molecule has 0 spiro atoms. The van der Waals surface area contributed by atoms with Gasteiger partial charge in [-0.05, 0) is 36.2 Å². The number of rotatable bonds is 4. The van der Waals surface area contributed by atoms with Crippen LogP contribution in [0, 0.1) is 6.92 Å². The van der Waals surface area contributed by atoms with Crippen molar-refractivity contribution in [1.82, 2.24) is 0 Å². The van der Waals surface area contributed by atoms with Gasteiger partial charge in [0.15, 0.2) is 0 Å². The van der Waals surface area contributed by atoms with E-state index in [1.165, 1.54) is 6.07 Å². The Morgan fingerprint density at radius 3 is 2.58 bits per heavy atom. The lowest BCUT2D eigenvalue weighted by Gasteiger charge is -2.10. The first-order chi connectivity index (χ1) is 11.4. The lowest BCUT2D eigenvalue weighted by molar-refractivity contribution is 0.1000. The van der Waals surface area contributed by atoms with Crippen LogP contribution in [0.25, 0.3) is 11.0 Å². The van der Waals surface area contributed by atoms with E-state index in [0.29, 0.717) is 21.9 Å². The third-order valence-electron chi connectivity index (χ3n) is 3.64. The van der Waals surface area contributed by atoms with E-state index < -0.39 is 11.5 Å². The Labute approximate surface area is 142 Å². The number of aryl methyl sites for hydroxylation is 1. The van der Waals surface area contributed by atoms with E-state index in [4.69, 9.17) is 26.5 Å². The van der Waals surface area contributed by atoms with Gasteiger partial charge in [0.2, 0.25) is 5.91 Å². The van der Waals surface area contributed by atoms with Crippen molar-refractivity contribution in [3.8, 4) is 5.75 Å². The van der Waals surface area contributed by atoms with Crippen LogP contribution in [0.3, 0.4) is 0 Å². The monoisotopic (exact) mass is 343 g/mol. The van der Waals surface area contributed by atoms with Gasteiger partial charge in [0.1, 0.15) is 17.9 Å². The van der Waals surface area contributed by atoms with Crippen molar-refractivity contribution in [1.29, 1.82) is 0 Å².